The number of carbonyl (C=O) groups excluding carboxylic acids is 1. The van der Waals surface area contributed by atoms with Gasteiger partial charge in [-0.25, -0.2) is 18.2 Å². The van der Waals surface area contributed by atoms with E-state index in [1.807, 2.05) is 4.72 Å². The minimum Gasteiger partial charge on any atom is -0.465 e. The van der Waals surface area contributed by atoms with Crippen molar-refractivity contribution in [1.82, 2.24) is 19.5 Å². The average Bonchev–Trinajstić information content (AvgIpc) is 3.54. The van der Waals surface area contributed by atoms with Crippen LogP contribution in [-0.4, -0.2) is 70.7 Å². The van der Waals surface area contributed by atoms with Crippen molar-refractivity contribution in [2.45, 2.75) is 68.5 Å². The summed E-state index contributed by atoms with van der Waals surface area (Å²) < 4.78 is 66.0. The molecule has 188 valence electrons. The van der Waals surface area contributed by atoms with Gasteiger partial charge < -0.3 is 10.0 Å². The molecule has 2 aliphatic heterocycles. The Morgan fingerprint density at radius 1 is 1.15 bits per heavy atom. The Bertz CT molecular complexity index is 1070. The van der Waals surface area contributed by atoms with Crippen molar-refractivity contribution in [1.29, 1.82) is 0 Å². The van der Waals surface area contributed by atoms with Crippen LogP contribution in [0.2, 0.25) is 0 Å². The molecule has 3 fully saturated rings. The highest BCUT2D eigenvalue weighted by Crippen LogP contribution is 2.40. The zero-order chi connectivity index (χ0) is 24.7. The first kappa shape index (κ1) is 24.7. The summed E-state index contributed by atoms with van der Waals surface area (Å²) in [5, 5.41) is 8.60. The molecular weight excluding hydrogens is 477 g/mol. The van der Waals surface area contributed by atoms with Crippen molar-refractivity contribution in [2.75, 3.05) is 19.6 Å². The molecule has 0 unspecified atom stereocenters. The molecule has 3 heterocycles. The highest BCUT2D eigenvalue weighted by molar-refractivity contribution is 7.90. The van der Waals surface area contributed by atoms with Crippen LogP contribution in [-0.2, 0) is 34.0 Å². The fourth-order valence-corrected chi connectivity index (χ4v) is 6.23. The Morgan fingerprint density at radius 2 is 1.82 bits per heavy atom. The highest BCUT2D eigenvalue weighted by atomic mass is 32.2. The van der Waals surface area contributed by atoms with E-state index in [0.29, 0.717) is 50.9 Å². The van der Waals surface area contributed by atoms with E-state index in [-0.39, 0.29) is 17.8 Å². The molecule has 0 atom stereocenters. The number of amides is 2. The van der Waals surface area contributed by atoms with Gasteiger partial charge in [0.2, 0.25) is 15.9 Å². The number of carbonyl (C=O) groups is 2. The summed E-state index contributed by atoms with van der Waals surface area (Å²) in [4.78, 5) is 30.9. The number of rotatable bonds is 6. The molecule has 0 aromatic carbocycles. The van der Waals surface area contributed by atoms with Gasteiger partial charge in [-0.15, -0.1) is 0 Å². The Labute approximate surface area is 195 Å². The third-order valence-corrected chi connectivity index (χ3v) is 8.83. The third-order valence-electron chi connectivity index (χ3n) is 6.97. The number of nitrogens with zero attached hydrogens (tertiary/aromatic N) is 3. The smallest absolute Gasteiger partial charge is 0.433 e. The minimum atomic E-state index is -4.71. The zero-order valence-corrected chi connectivity index (χ0v) is 19.3. The number of pyridine rings is 1. The topological polar surface area (TPSA) is 120 Å². The molecule has 1 aliphatic carbocycles. The lowest BCUT2D eigenvalue weighted by Gasteiger charge is -2.44. The molecule has 0 bridgehead atoms. The normalized spacial score (nSPS) is 21.1. The van der Waals surface area contributed by atoms with Gasteiger partial charge in [0.25, 0.3) is 0 Å². The summed E-state index contributed by atoms with van der Waals surface area (Å²) in [5.74, 6) is -0.911. The van der Waals surface area contributed by atoms with Crippen LogP contribution < -0.4 is 4.72 Å². The van der Waals surface area contributed by atoms with Crippen LogP contribution >= 0.6 is 0 Å². The maximum atomic E-state index is 13.3. The first-order valence-corrected chi connectivity index (χ1v) is 12.8. The zero-order valence-electron chi connectivity index (χ0n) is 18.5. The first-order valence-electron chi connectivity index (χ1n) is 11.2. The van der Waals surface area contributed by atoms with Crippen molar-refractivity contribution in [3.8, 4) is 0 Å². The van der Waals surface area contributed by atoms with Crippen LogP contribution in [0.3, 0.4) is 0 Å². The van der Waals surface area contributed by atoms with E-state index in [1.165, 1.54) is 11.0 Å². The second-order valence-corrected chi connectivity index (χ2v) is 11.2. The van der Waals surface area contributed by atoms with Crippen molar-refractivity contribution in [3.63, 3.8) is 0 Å². The van der Waals surface area contributed by atoms with Gasteiger partial charge in [-0.3, -0.25) is 14.4 Å². The van der Waals surface area contributed by atoms with E-state index < -0.39 is 45.6 Å². The molecule has 4 rings (SSSR count). The molecule has 3 aliphatic rings. The van der Waals surface area contributed by atoms with E-state index in [4.69, 9.17) is 0 Å². The molecule has 1 spiro atoms. The van der Waals surface area contributed by atoms with Gasteiger partial charge in [0.1, 0.15) is 5.69 Å². The van der Waals surface area contributed by atoms with E-state index in [9.17, 15) is 36.3 Å². The monoisotopic (exact) mass is 504 g/mol. The number of piperidine rings is 1. The summed E-state index contributed by atoms with van der Waals surface area (Å²) in [6.07, 6.45) is -2.41. The second kappa shape index (κ2) is 8.99. The largest absolute Gasteiger partial charge is 0.465 e. The minimum absolute atomic E-state index is 0.108. The van der Waals surface area contributed by atoms with Crippen molar-refractivity contribution in [2.24, 2.45) is 0 Å². The number of likely N-dealkylation sites (tertiary alicyclic amines) is 2. The summed E-state index contributed by atoms with van der Waals surface area (Å²) in [6, 6.07) is 2.17. The maximum absolute atomic E-state index is 13.3. The van der Waals surface area contributed by atoms with Gasteiger partial charge in [0.05, 0.1) is 17.4 Å². The van der Waals surface area contributed by atoms with Crippen LogP contribution in [0.5, 0.6) is 0 Å². The summed E-state index contributed by atoms with van der Waals surface area (Å²) in [7, 11) is -3.83. The molecule has 2 amide bonds. The predicted molar refractivity (Wildman–Crippen MR) is 114 cm³/mol. The molecule has 9 nitrogen and oxygen atoms in total. The summed E-state index contributed by atoms with van der Waals surface area (Å²) in [5.41, 5.74) is -1.09. The Kier molecular flexibility index (Phi) is 6.53. The number of hydrogen-bond acceptors (Lipinski definition) is 6. The number of sulfonamides is 1. The van der Waals surface area contributed by atoms with Gasteiger partial charge in [0.15, 0.2) is 0 Å². The molecule has 1 saturated carbocycles. The number of hydrogen-bond donors (Lipinski definition) is 2. The molecule has 0 radical (unpaired) electrons. The number of nitrogens with one attached hydrogen (secondary N) is 1. The fourth-order valence-electron chi connectivity index (χ4n) is 4.92. The lowest BCUT2D eigenvalue weighted by Crippen LogP contribution is -2.52. The summed E-state index contributed by atoms with van der Waals surface area (Å²) >= 11 is 0. The van der Waals surface area contributed by atoms with Crippen LogP contribution in [0.25, 0.3) is 0 Å². The van der Waals surface area contributed by atoms with Crippen LogP contribution in [0.1, 0.15) is 55.5 Å². The van der Waals surface area contributed by atoms with Gasteiger partial charge in [0, 0.05) is 25.2 Å². The van der Waals surface area contributed by atoms with Crippen LogP contribution in [0.15, 0.2) is 12.1 Å². The quantitative estimate of drug-likeness (QED) is 0.610. The van der Waals surface area contributed by atoms with Gasteiger partial charge in [-0.1, -0.05) is 6.07 Å². The van der Waals surface area contributed by atoms with E-state index in [0.717, 1.165) is 18.9 Å². The predicted octanol–water partition coefficient (Wildman–Crippen LogP) is 2.36. The summed E-state index contributed by atoms with van der Waals surface area (Å²) in [6.45, 7) is 1.70. The second-order valence-electron chi connectivity index (χ2n) is 9.27. The molecular formula is C21H27F3N4O5S. The Hall–Kier alpha value is -2.41. The lowest BCUT2D eigenvalue weighted by atomic mass is 9.84. The van der Waals surface area contributed by atoms with Crippen molar-refractivity contribution in [3.05, 3.63) is 29.1 Å². The number of halogens is 3. The Morgan fingerprint density at radius 3 is 2.41 bits per heavy atom. The van der Waals surface area contributed by atoms with E-state index in [2.05, 4.69) is 9.88 Å². The van der Waals surface area contributed by atoms with Gasteiger partial charge in [-0.05, 0) is 56.7 Å². The van der Waals surface area contributed by atoms with Gasteiger partial charge in [-0.2, -0.15) is 13.2 Å². The van der Waals surface area contributed by atoms with Crippen molar-refractivity contribution < 1.29 is 36.3 Å². The average molecular weight is 505 g/mol. The number of carboxylic acid groups (broad SMARTS) is 1. The molecule has 34 heavy (non-hydrogen) atoms. The molecule has 13 heteroatoms. The van der Waals surface area contributed by atoms with E-state index in [1.54, 1.807) is 0 Å². The number of alkyl halides is 3. The van der Waals surface area contributed by atoms with Crippen LogP contribution in [0.4, 0.5) is 18.0 Å². The molecule has 1 aromatic heterocycles. The van der Waals surface area contributed by atoms with E-state index >= 15 is 0 Å². The molecule has 2 N–H and O–H groups in total. The fraction of sp³-hybridized carbons (Fsp3) is 0.667. The van der Waals surface area contributed by atoms with Crippen LogP contribution in [0, 0.1) is 0 Å². The maximum Gasteiger partial charge on any atom is 0.433 e. The standard InChI is InChI=1S/C21H27F3N4O5S/c22-21(23,24)17-5-2-14(16(25-17)12-18(29)26-34(32,33)15-3-4-15)13-28-9-1-6-20(28)7-10-27(11-8-20)19(30)31/h2,5,15H,1,3-4,6-13H2,(H,26,29)(H,30,31). The molecule has 1 aromatic rings. The first-order chi connectivity index (χ1) is 15.9. The lowest BCUT2D eigenvalue weighted by molar-refractivity contribution is -0.141. The third kappa shape index (κ3) is 5.29. The highest BCUT2D eigenvalue weighted by Gasteiger charge is 2.44. The Balaban J connectivity index is 1.54. The van der Waals surface area contributed by atoms with Crippen molar-refractivity contribution >= 4 is 22.0 Å². The molecule has 2 saturated heterocycles. The SMILES string of the molecule is O=C(Cc1nc(C(F)(F)F)ccc1CN1CCCC12CCN(C(=O)O)CC2)NS(=O)(=O)C1CC1. The number of aromatic nitrogens is 1. The van der Waals surface area contributed by atoms with Gasteiger partial charge >= 0.3 is 12.3 Å².